The summed E-state index contributed by atoms with van der Waals surface area (Å²) in [4.78, 5) is 10.9. The van der Waals surface area contributed by atoms with Crippen molar-refractivity contribution in [2.45, 2.75) is 38.4 Å². The molecule has 0 amide bonds. The first-order chi connectivity index (χ1) is 9.93. The van der Waals surface area contributed by atoms with Gasteiger partial charge in [0.25, 0.3) is 0 Å². The minimum atomic E-state index is -4.29. The predicted molar refractivity (Wildman–Crippen MR) is 73.6 cm³/mol. The lowest BCUT2D eigenvalue weighted by Crippen LogP contribution is -2.15. The van der Waals surface area contributed by atoms with Gasteiger partial charge in [-0.05, 0) is 37.1 Å². The molecular weight excluding hydrogens is 283 g/mol. The number of benzene rings is 1. The summed E-state index contributed by atoms with van der Waals surface area (Å²) in [5.74, 6) is -0.201. The minimum Gasteiger partial charge on any atom is -0.469 e. The quantitative estimate of drug-likeness (QED) is 0.590. The van der Waals surface area contributed by atoms with Crippen LogP contribution in [0.3, 0.4) is 0 Å². The first-order valence-corrected chi connectivity index (χ1v) is 6.87. The molecule has 0 unspecified atom stereocenters. The average Bonchev–Trinajstić information content (AvgIpc) is 2.45. The van der Waals surface area contributed by atoms with Gasteiger partial charge in [0, 0.05) is 13.0 Å². The van der Waals surface area contributed by atoms with E-state index in [2.05, 4.69) is 10.1 Å². The molecule has 0 fully saturated rings. The van der Waals surface area contributed by atoms with Crippen molar-refractivity contribution in [3.8, 4) is 0 Å². The van der Waals surface area contributed by atoms with Gasteiger partial charge in [-0.25, -0.2) is 0 Å². The first kappa shape index (κ1) is 17.5. The van der Waals surface area contributed by atoms with E-state index in [9.17, 15) is 18.0 Å². The van der Waals surface area contributed by atoms with Crippen LogP contribution in [0.25, 0.3) is 0 Å². The van der Waals surface area contributed by atoms with E-state index in [4.69, 9.17) is 0 Å². The number of ether oxygens (including phenoxy) is 1. The SMILES string of the molecule is COC(=O)CCCCCNCc1ccc(C(F)(F)F)cc1. The zero-order valence-corrected chi connectivity index (χ0v) is 12.0. The number of nitrogens with one attached hydrogen (secondary N) is 1. The molecule has 0 saturated heterocycles. The van der Waals surface area contributed by atoms with Crippen LogP contribution >= 0.6 is 0 Å². The lowest BCUT2D eigenvalue weighted by molar-refractivity contribution is -0.140. The molecule has 0 bridgehead atoms. The Bertz CT molecular complexity index is 430. The molecule has 0 atom stereocenters. The van der Waals surface area contributed by atoms with E-state index < -0.39 is 11.7 Å². The highest BCUT2D eigenvalue weighted by molar-refractivity contribution is 5.68. The summed E-state index contributed by atoms with van der Waals surface area (Å²) in [5, 5.41) is 3.16. The molecule has 1 rings (SSSR count). The molecule has 0 aliphatic heterocycles. The number of carbonyl (C=O) groups is 1. The average molecular weight is 303 g/mol. The van der Waals surface area contributed by atoms with E-state index >= 15 is 0 Å². The zero-order valence-electron chi connectivity index (χ0n) is 12.0. The largest absolute Gasteiger partial charge is 0.469 e. The molecule has 0 spiro atoms. The fourth-order valence-corrected chi connectivity index (χ4v) is 1.84. The third-order valence-electron chi connectivity index (χ3n) is 3.07. The second-order valence-corrected chi connectivity index (χ2v) is 4.76. The maximum Gasteiger partial charge on any atom is 0.416 e. The molecule has 118 valence electrons. The number of hydrogen-bond acceptors (Lipinski definition) is 3. The van der Waals surface area contributed by atoms with Crippen LogP contribution in [0.4, 0.5) is 13.2 Å². The van der Waals surface area contributed by atoms with Crippen LogP contribution in [0.5, 0.6) is 0 Å². The number of esters is 1. The van der Waals surface area contributed by atoms with E-state index in [-0.39, 0.29) is 5.97 Å². The molecule has 0 heterocycles. The summed E-state index contributed by atoms with van der Waals surface area (Å²) in [5.41, 5.74) is 0.187. The smallest absolute Gasteiger partial charge is 0.416 e. The van der Waals surface area contributed by atoms with Gasteiger partial charge in [0.15, 0.2) is 0 Å². The normalized spacial score (nSPS) is 11.4. The van der Waals surface area contributed by atoms with Gasteiger partial charge in [0.1, 0.15) is 0 Å². The minimum absolute atomic E-state index is 0.201. The third-order valence-corrected chi connectivity index (χ3v) is 3.07. The molecule has 0 aliphatic rings. The molecule has 1 N–H and O–H groups in total. The van der Waals surface area contributed by atoms with Crippen LogP contribution in [0.15, 0.2) is 24.3 Å². The molecule has 0 aromatic heterocycles. The Hall–Kier alpha value is -1.56. The van der Waals surface area contributed by atoms with Gasteiger partial charge >= 0.3 is 12.1 Å². The summed E-state index contributed by atoms with van der Waals surface area (Å²) >= 11 is 0. The van der Waals surface area contributed by atoms with Crippen molar-refractivity contribution in [3.63, 3.8) is 0 Å². The second kappa shape index (κ2) is 8.67. The number of alkyl halides is 3. The number of carbonyl (C=O) groups excluding carboxylic acids is 1. The Balaban J connectivity index is 2.14. The fourth-order valence-electron chi connectivity index (χ4n) is 1.84. The van der Waals surface area contributed by atoms with Crippen LogP contribution in [-0.4, -0.2) is 19.6 Å². The lowest BCUT2D eigenvalue weighted by atomic mass is 10.1. The van der Waals surface area contributed by atoms with Crippen LogP contribution in [0.2, 0.25) is 0 Å². The maximum absolute atomic E-state index is 12.4. The van der Waals surface area contributed by atoms with E-state index in [0.29, 0.717) is 13.0 Å². The molecule has 1 aromatic carbocycles. The monoisotopic (exact) mass is 303 g/mol. The van der Waals surface area contributed by atoms with E-state index in [1.54, 1.807) is 0 Å². The molecular formula is C15H20F3NO2. The molecule has 0 saturated carbocycles. The number of unbranched alkanes of at least 4 members (excludes halogenated alkanes) is 2. The van der Waals surface area contributed by atoms with Crippen molar-refractivity contribution in [2.75, 3.05) is 13.7 Å². The highest BCUT2D eigenvalue weighted by Gasteiger charge is 2.29. The Morgan fingerprint density at radius 2 is 1.81 bits per heavy atom. The maximum atomic E-state index is 12.4. The Morgan fingerprint density at radius 3 is 2.38 bits per heavy atom. The van der Waals surface area contributed by atoms with Gasteiger partial charge in [-0.3, -0.25) is 4.79 Å². The Morgan fingerprint density at radius 1 is 1.14 bits per heavy atom. The van der Waals surface area contributed by atoms with E-state index in [1.807, 2.05) is 0 Å². The molecule has 0 radical (unpaired) electrons. The Labute approximate surface area is 122 Å². The molecule has 1 aromatic rings. The number of rotatable bonds is 8. The predicted octanol–water partition coefficient (Wildman–Crippen LogP) is 3.53. The van der Waals surface area contributed by atoms with Crippen LogP contribution in [-0.2, 0) is 22.3 Å². The molecule has 3 nitrogen and oxygen atoms in total. The van der Waals surface area contributed by atoms with Gasteiger partial charge in [-0.1, -0.05) is 18.6 Å². The summed E-state index contributed by atoms with van der Waals surface area (Å²) in [6.07, 6.45) is -1.25. The van der Waals surface area contributed by atoms with Crippen molar-refractivity contribution in [3.05, 3.63) is 35.4 Å². The third kappa shape index (κ3) is 7.13. The van der Waals surface area contributed by atoms with Crippen molar-refractivity contribution < 1.29 is 22.7 Å². The van der Waals surface area contributed by atoms with Crippen LogP contribution in [0, 0.1) is 0 Å². The summed E-state index contributed by atoms with van der Waals surface area (Å²) in [6.45, 7) is 1.30. The highest BCUT2D eigenvalue weighted by atomic mass is 19.4. The number of hydrogen-bond donors (Lipinski definition) is 1. The summed E-state index contributed by atoms with van der Waals surface area (Å²) in [6, 6.07) is 5.14. The molecule has 6 heteroatoms. The summed E-state index contributed by atoms with van der Waals surface area (Å²) < 4.78 is 41.7. The lowest BCUT2D eigenvalue weighted by Gasteiger charge is -2.08. The first-order valence-electron chi connectivity index (χ1n) is 6.87. The molecule has 21 heavy (non-hydrogen) atoms. The van der Waals surface area contributed by atoms with Crippen molar-refractivity contribution in [1.29, 1.82) is 0 Å². The van der Waals surface area contributed by atoms with E-state index in [0.717, 1.165) is 43.5 Å². The van der Waals surface area contributed by atoms with Gasteiger partial charge in [0.05, 0.1) is 12.7 Å². The molecule has 0 aliphatic carbocycles. The van der Waals surface area contributed by atoms with Crippen molar-refractivity contribution in [1.82, 2.24) is 5.32 Å². The fraction of sp³-hybridized carbons (Fsp3) is 0.533. The Kier molecular flexibility index (Phi) is 7.22. The van der Waals surface area contributed by atoms with Crippen molar-refractivity contribution in [2.24, 2.45) is 0 Å². The highest BCUT2D eigenvalue weighted by Crippen LogP contribution is 2.28. The van der Waals surface area contributed by atoms with Gasteiger partial charge in [-0.15, -0.1) is 0 Å². The zero-order chi connectivity index (χ0) is 15.7. The van der Waals surface area contributed by atoms with E-state index in [1.165, 1.54) is 19.2 Å². The van der Waals surface area contributed by atoms with Crippen LogP contribution in [0.1, 0.15) is 36.8 Å². The van der Waals surface area contributed by atoms with Crippen molar-refractivity contribution >= 4 is 5.97 Å². The number of halogens is 3. The van der Waals surface area contributed by atoms with Gasteiger partial charge < -0.3 is 10.1 Å². The van der Waals surface area contributed by atoms with Crippen LogP contribution < -0.4 is 5.32 Å². The number of methoxy groups -OCH3 is 1. The summed E-state index contributed by atoms with van der Waals surface area (Å²) in [7, 11) is 1.37. The topological polar surface area (TPSA) is 38.3 Å². The van der Waals surface area contributed by atoms with Gasteiger partial charge in [-0.2, -0.15) is 13.2 Å². The standard InChI is InChI=1S/C15H20F3NO2/c1-21-14(20)5-3-2-4-10-19-11-12-6-8-13(9-7-12)15(16,17)18/h6-9,19H,2-5,10-11H2,1H3. The second-order valence-electron chi connectivity index (χ2n) is 4.76. The van der Waals surface area contributed by atoms with Gasteiger partial charge in [0.2, 0.25) is 0 Å².